The number of likely N-dealkylation sites (tertiary alicyclic amines) is 2. The Bertz CT molecular complexity index is 251. The number of nitrogens with one attached hydrogen (secondary N) is 1. The van der Waals surface area contributed by atoms with Crippen LogP contribution < -0.4 is 5.32 Å². The van der Waals surface area contributed by atoms with Crippen molar-refractivity contribution < 1.29 is 4.79 Å². The van der Waals surface area contributed by atoms with Crippen molar-refractivity contribution in [3.05, 3.63) is 0 Å². The summed E-state index contributed by atoms with van der Waals surface area (Å²) in [5.41, 5.74) is 0. The minimum absolute atomic E-state index is 0.176. The van der Waals surface area contributed by atoms with Crippen molar-refractivity contribution in [3.63, 3.8) is 0 Å². The first-order chi connectivity index (χ1) is 8.29. The number of hydrogen-bond acceptors (Lipinski definition) is 3. The second-order valence-corrected chi connectivity index (χ2v) is 5.23. The number of likely N-dealkylation sites (N-methyl/N-ethyl adjacent to an activating group) is 1. The van der Waals surface area contributed by atoms with Crippen LogP contribution in [0.4, 0.5) is 0 Å². The molecule has 0 spiro atoms. The molecule has 2 rings (SSSR count). The highest BCUT2D eigenvalue weighted by Gasteiger charge is 2.27. The lowest BCUT2D eigenvalue weighted by atomic mass is 10.0. The smallest absolute Gasteiger partial charge is 0.234 e. The third-order valence-electron chi connectivity index (χ3n) is 3.88. The molecule has 1 atom stereocenters. The van der Waals surface area contributed by atoms with Crippen LogP contribution in [0.2, 0.25) is 0 Å². The number of piperidine rings is 1. The molecule has 0 aromatic rings. The Labute approximate surface area is 104 Å². The second-order valence-electron chi connectivity index (χ2n) is 5.23. The van der Waals surface area contributed by atoms with Crippen LogP contribution in [0.5, 0.6) is 0 Å². The Morgan fingerprint density at radius 3 is 2.71 bits per heavy atom. The van der Waals surface area contributed by atoms with E-state index in [2.05, 4.69) is 15.1 Å². The molecule has 2 fully saturated rings. The number of nitrogens with zero attached hydrogens (tertiary/aromatic N) is 2. The maximum absolute atomic E-state index is 11.6. The van der Waals surface area contributed by atoms with Gasteiger partial charge >= 0.3 is 0 Å². The van der Waals surface area contributed by atoms with Gasteiger partial charge in [-0.2, -0.15) is 0 Å². The molecule has 2 heterocycles. The average Bonchev–Trinajstić information content (AvgIpc) is 2.83. The summed E-state index contributed by atoms with van der Waals surface area (Å²) in [6, 6.07) is 0.695. The zero-order valence-corrected chi connectivity index (χ0v) is 11.0. The van der Waals surface area contributed by atoms with Gasteiger partial charge in [-0.25, -0.2) is 0 Å². The predicted octanol–water partition coefficient (Wildman–Crippen LogP) is 0.683. The number of carbonyl (C=O) groups excluding carboxylic acids is 1. The Morgan fingerprint density at radius 2 is 2.00 bits per heavy atom. The average molecular weight is 239 g/mol. The molecule has 0 unspecified atom stereocenters. The SMILES string of the molecule is CCNC(=O)CN1CCC[C@H](N2CCCC2)C1. The summed E-state index contributed by atoms with van der Waals surface area (Å²) in [6.07, 6.45) is 5.26. The molecule has 0 saturated carbocycles. The number of hydrogen-bond donors (Lipinski definition) is 1. The van der Waals surface area contributed by atoms with Crippen LogP contribution in [0, 0.1) is 0 Å². The summed E-state index contributed by atoms with van der Waals surface area (Å²) in [6.45, 7) is 7.99. The number of carbonyl (C=O) groups is 1. The molecule has 2 saturated heterocycles. The summed E-state index contributed by atoms with van der Waals surface area (Å²) in [7, 11) is 0. The molecule has 98 valence electrons. The number of rotatable bonds is 4. The molecule has 0 aromatic heterocycles. The Balaban J connectivity index is 1.77. The first-order valence-corrected chi connectivity index (χ1v) is 7.02. The van der Waals surface area contributed by atoms with E-state index in [1.807, 2.05) is 6.92 Å². The van der Waals surface area contributed by atoms with Gasteiger partial charge in [0.2, 0.25) is 5.91 Å². The van der Waals surface area contributed by atoms with Gasteiger partial charge in [-0.3, -0.25) is 14.6 Å². The highest BCUT2D eigenvalue weighted by Crippen LogP contribution is 2.20. The zero-order chi connectivity index (χ0) is 12.1. The van der Waals surface area contributed by atoms with Gasteiger partial charge in [0.15, 0.2) is 0 Å². The molecule has 2 aliphatic heterocycles. The first kappa shape index (κ1) is 12.8. The molecule has 4 heteroatoms. The van der Waals surface area contributed by atoms with Crippen LogP contribution in [-0.2, 0) is 4.79 Å². The van der Waals surface area contributed by atoms with Crippen molar-refractivity contribution in [2.45, 2.75) is 38.6 Å². The fourth-order valence-corrected chi connectivity index (χ4v) is 3.04. The fraction of sp³-hybridized carbons (Fsp3) is 0.923. The molecule has 0 aliphatic carbocycles. The van der Waals surface area contributed by atoms with E-state index in [4.69, 9.17) is 0 Å². The minimum atomic E-state index is 0.176. The van der Waals surface area contributed by atoms with E-state index in [0.717, 1.165) is 19.6 Å². The largest absolute Gasteiger partial charge is 0.355 e. The van der Waals surface area contributed by atoms with E-state index in [-0.39, 0.29) is 5.91 Å². The summed E-state index contributed by atoms with van der Waals surface area (Å²) < 4.78 is 0. The van der Waals surface area contributed by atoms with Gasteiger partial charge in [0.25, 0.3) is 0 Å². The Kier molecular flexibility index (Phi) is 4.80. The van der Waals surface area contributed by atoms with Crippen molar-refractivity contribution in [1.29, 1.82) is 0 Å². The third-order valence-corrected chi connectivity index (χ3v) is 3.88. The summed E-state index contributed by atoms with van der Waals surface area (Å²) in [5.74, 6) is 0.176. The lowest BCUT2D eigenvalue weighted by Crippen LogP contribution is -2.49. The molecule has 0 radical (unpaired) electrons. The van der Waals surface area contributed by atoms with Crippen LogP contribution in [0.1, 0.15) is 32.6 Å². The monoisotopic (exact) mass is 239 g/mol. The fourth-order valence-electron chi connectivity index (χ4n) is 3.04. The van der Waals surface area contributed by atoms with Gasteiger partial charge in [-0.05, 0) is 52.2 Å². The van der Waals surface area contributed by atoms with Crippen LogP contribution in [-0.4, -0.2) is 61.0 Å². The molecule has 4 nitrogen and oxygen atoms in total. The molecular formula is C13H25N3O. The lowest BCUT2D eigenvalue weighted by Gasteiger charge is -2.37. The van der Waals surface area contributed by atoms with Crippen LogP contribution in [0.25, 0.3) is 0 Å². The highest BCUT2D eigenvalue weighted by atomic mass is 16.2. The predicted molar refractivity (Wildman–Crippen MR) is 69.0 cm³/mol. The Morgan fingerprint density at radius 1 is 1.24 bits per heavy atom. The van der Waals surface area contributed by atoms with E-state index < -0.39 is 0 Å². The molecule has 1 N–H and O–H groups in total. The van der Waals surface area contributed by atoms with E-state index in [0.29, 0.717) is 12.6 Å². The summed E-state index contributed by atoms with van der Waals surface area (Å²) >= 11 is 0. The van der Waals surface area contributed by atoms with Gasteiger partial charge in [-0.1, -0.05) is 0 Å². The maximum atomic E-state index is 11.6. The van der Waals surface area contributed by atoms with E-state index in [1.165, 1.54) is 38.8 Å². The van der Waals surface area contributed by atoms with E-state index in [9.17, 15) is 4.79 Å². The summed E-state index contributed by atoms with van der Waals surface area (Å²) in [5, 5.41) is 2.88. The second kappa shape index (κ2) is 6.36. The van der Waals surface area contributed by atoms with Gasteiger partial charge in [0.1, 0.15) is 0 Å². The molecule has 2 aliphatic rings. The van der Waals surface area contributed by atoms with Gasteiger partial charge in [0.05, 0.1) is 6.54 Å². The van der Waals surface area contributed by atoms with Gasteiger partial charge < -0.3 is 5.32 Å². The van der Waals surface area contributed by atoms with Crippen LogP contribution >= 0.6 is 0 Å². The third kappa shape index (κ3) is 3.68. The summed E-state index contributed by atoms with van der Waals surface area (Å²) in [4.78, 5) is 16.5. The van der Waals surface area contributed by atoms with E-state index in [1.54, 1.807) is 0 Å². The molecular weight excluding hydrogens is 214 g/mol. The molecule has 1 amide bonds. The molecule has 0 aromatic carbocycles. The van der Waals surface area contributed by atoms with Crippen molar-refractivity contribution >= 4 is 5.91 Å². The quantitative estimate of drug-likeness (QED) is 0.784. The normalized spacial score (nSPS) is 27.2. The maximum Gasteiger partial charge on any atom is 0.234 e. The lowest BCUT2D eigenvalue weighted by molar-refractivity contribution is -0.122. The first-order valence-electron chi connectivity index (χ1n) is 7.02. The van der Waals surface area contributed by atoms with Crippen molar-refractivity contribution in [2.24, 2.45) is 0 Å². The zero-order valence-electron chi connectivity index (χ0n) is 11.0. The van der Waals surface area contributed by atoms with Gasteiger partial charge in [-0.15, -0.1) is 0 Å². The Hall–Kier alpha value is -0.610. The topological polar surface area (TPSA) is 35.6 Å². The van der Waals surface area contributed by atoms with Crippen molar-refractivity contribution in [3.8, 4) is 0 Å². The highest BCUT2D eigenvalue weighted by molar-refractivity contribution is 5.77. The molecule has 17 heavy (non-hydrogen) atoms. The van der Waals surface area contributed by atoms with Crippen LogP contribution in [0.15, 0.2) is 0 Å². The van der Waals surface area contributed by atoms with Crippen molar-refractivity contribution in [1.82, 2.24) is 15.1 Å². The van der Waals surface area contributed by atoms with E-state index >= 15 is 0 Å². The van der Waals surface area contributed by atoms with Crippen molar-refractivity contribution in [2.75, 3.05) is 39.3 Å². The minimum Gasteiger partial charge on any atom is -0.355 e. The number of amides is 1. The standard InChI is InChI=1S/C13H25N3O/c1-2-14-13(17)11-15-7-5-6-12(10-15)16-8-3-4-9-16/h12H,2-11H2,1H3,(H,14,17)/t12-/m0/s1. The molecule has 0 bridgehead atoms. The van der Waals surface area contributed by atoms with Crippen LogP contribution in [0.3, 0.4) is 0 Å². The van der Waals surface area contributed by atoms with Gasteiger partial charge in [0, 0.05) is 19.1 Å².